The van der Waals surface area contributed by atoms with Crippen LogP contribution in [0.5, 0.6) is 5.75 Å². The second-order valence-electron chi connectivity index (χ2n) is 11.6. The number of hydrogen-bond donors (Lipinski definition) is 2. The van der Waals surface area contributed by atoms with E-state index in [4.69, 9.17) is 27.5 Å². The van der Waals surface area contributed by atoms with Crippen LogP contribution in [0.2, 0.25) is 5.02 Å². The Kier molecular flexibility index (Phi) is 10.4. The molecule has 2 fully saturated rings. The molecule has 2 N–H and O–H groups in total. The third kappa shape index (κ3) is 7.23. The number of hydrogen-bond acceptors (Lipinski definition) is 7. The number of likely N-dealkylation sites (tertiary alicyclic amines) is 1. The molecule has 46 heavy (non-hydrogen) atoms. The molecular formula is C36H38ClN5O4. The lowest BCUT2D eigenvalue weighted by Gasteiger charge is -2.40. The largest absolute Gasteiger partial charge is 0.493 e. The molecule has 0 aromatic heterocycles. The van der Waals surface area contributed by atoms with E-state index in [0.29, 0.717) is 60.5 Å². The highest BCUT2D eigenvalue weighted by molar-refractivity contribution is 6.34. The van der Waals surface area contributed by atoms with Crippen LogP contribution in [-0.2, 0) is 16.1 Å². The van der Waals surface area contributed by atoms with Gasteiger partial charge in [0.05, 0.1) is 36.1 Å². The fourth-order valence-electron chi connectivity index (χ4n) is 6.19. The average molecular weight is 640 g/mol. The minimum atomic E-state index is -1.19. The molecule has 0 radical (unpaired) electrons. The summed E-state index contributed by atoms with van der Waals surface area (Å²) in [4.78, 5) is 31.1. The monoisotopic (exact) mass is 639 g/mol. The first-order valence-electron chi connectivity index (χ1n) is 15.5. The topological polar surface area (TPSA) is 107 Å². The van der Waals surface area contributed by atoms with Crippen molar-refractivity contribution in [3.05, 3.63) is 76.3 Å². The Balaban J connectivity index is 1.27. The van der Waals surface area contributed by atoms with Crippen molar-refractivity contribution < 1.29 is 19.1 Å². The van der Waals surface area contributed by atoms with E-state index in [1.165, 1.54) is 31.2 Å². The van der Waals surface area contributed by atoms with E-state index in [1.807, 2.05) is 6.92 Å². The number of terminal acetylenes is 1. The van der Waals surface area contributed by atoms with E-state index in [-0.39, 0.29) is 10.7 Å². The number of esters is 1. The molecular weight excluding hydrogens is 602 g/mol. The van der Waals surface area contributed by atoms with Crippen LogP contribution in [0, 0.1) is 23.7 Å². The van der Waals surface area contributed by atoms with Crippen molar-refractivity contribution in [1.82, 2.24) is 10.2 Å². The minimum Gasteiger partial charge on any atom is -0.493 e. The van der Waals surface area contributed by atoms with E-state index in [2.05, 4.69) is 56.7 Å². The van der Waals surface area contributed by atoms with Gasteiger partial charge in [0.1, 0.15) is 11.3 Å². The number of nitrogens with one attached hydrogen (secondary N) is 2. The molecule has 2 aliphatic rings. The van der Waals surface area contributed by atoms with Crippen LogP contribution >= 0.6 is 11.6 Å². The molecule has 238 valence electrons. The Bertz CT molecular complexity index is 1660. The third-order valence-electron chi connectivity index (χ3n) is 8.66. The van der Waals surface area contributed by atoms with Gasteiger partial charge in [-0.05, 0) is 80.6 Å². The van der Waals surface area contributed by atoms with Crippen LogP contribution < -0.4 is 20.3 Å². The zero-order chi connectivity index (χ0) is 32.7. The number of benzene rings is 3. The fraction of sp³-hybridized carbons (Fsp3) is 0.361. The first kappa shape index (κ1) is 32.7. The maximum Gasteiger partial charge on any atom is 0.331 e. The van der Waals surface area contributed by atoms with Crippen molar-refractivity contribution in [2.24, 2.45) is 0 Å². The lowest BCUT2D eigenvalue weighted by atomic mass is 9.87. The fourth-order valence-corrected chi connectivity index (χ4v) is 6.40. The lowest BCUT2D eigenvalue weighted by molar-refractivity contribution is -0.150. The number of halogens is 1. The Morgan fingerprint density at radius 2 is 1.74 bits per heavy atom. The van der Waals surface area contributed by atoms with Gasteiger partial charge in [-0.2, -0.15) is 5.26 Å². The minimum absolute atomic E-state index is 0.228. The van der Waals surface area contributed by atoms with Gasteiger partial charge in [-0.15, -0.1) is 6.42 Å². The molecule has 0 spiro atoms. The molecule has 0 atom stereocenters. The van der Waals surface area contributed by atoms with Gasteiger partial charge in [-0.1, -0.05) is 29.7 Å². The van der Waals surface area contributed by atoms with Crippen LogP contribution in [-0.4, -0.2) is 62.3 Å². The predicted molar refractivity (Wildman–Crippen MR) is 180 cm³/mol. The summed E-state index contributed by atoms with van der Waals surface area (Å²) < 4.78 is 10.9. The number of nitrogens with zero attached hydrogens (tertiary/aromatic N) is 3. The Morgan fingerprint density at radius 1 is 1.02 bits per heavy atom. The molecule has 0 unspecified atom stereocenters. The molecule has 0 bridgehead atoms. The Hall–Kier alpha value is -4.70. The van der Waals surface area contributed by atoms with Crippen molar-refractivity contribution >= 4 is 35.0 Å². The van der Waals surface area contributed by atoms with Gasteiger partial charge < -0.3 is 25.0 Å². The summed E-state index contributed by atoms with van der Waals surface area (Å²) in [5, 5.41) is 15.3. The zero-order valence-electron chi connectivity index (χ0n) is 26.2. The number of carbonyl (C=O) groups is 2. The highest BCUT2D eigenvalue weighted by Gasteiger charge is 2.44. The highest BCUT2D eigenvalue weighted by atomic mass is 35.5. The van der Waals surface area contributed by atoms with Gasteiger partial charge in [-0.3, -0.25) is 4.90 Å². The SMILES string of the molecule is C#Cc1cc(NC(=O)NC2(C(=O)OC)CCN(Cc3ccc(N4CCCC4)cc3)CC2)c(Cl)cc1-c1cc(C#N)ccc1OCC. The van der Waals surface area contributed by atoms with Crippen molar-refractivity contribution in [3.63, 3.8) is 0 Å². The second-order valence-corrected chi connectivity index (χ2v) is 12.0. The average Bonchev–Trinajstić information content (AvgIpc) is 3.62. The van der Waals surface area contributed by atoms with E-state index >= 15 is 0 Å². The van der Waals surface area contributed by atoms with E-state index < -0.39 is 17.5 Å². The molecule has 3 aromatic rings. The number of ether oxygens (including phenoxy) is 2. The van der Waals surface area contributed by atoms with Gasteiger partial charge in [0.15, 0.2) is 0 Å². The summed E-state index contributed by atoms with van der Waals surface area (Å²) in [5.74, 6) is 2.71. The van der Waals surface area contributed by atoms with Crippen molar-refractivity contribution in [2.45, 2.75) is 44.7 Å². The highest BCUT2D eigenvalue weighted by Crippen LogP contribution is 2.38. The molecule has 10 heteroatoms. The quantitative estimate of drug-likeness (QED) is 0.212. The standard InChI is InChI=1S/C36H38ClN5O4/c1-4-27-21-32(31(37)22-29(27)30-20-26(23-38)10-13-33(30)46-5-2)39-35(44)40-36(34(43)45-3)14-18-41(19-15-36)24-25-8-11-28(12-9-25)42-16-6-7-17-42/h1,8-13,20-22H,5-7,14-19,24H2,2-3H3,(H2,39,40,44). The predicted octanol–water partition coefficient (Wildman–Crippen LogP) is 6.19. The Morgan fingerprint density at radius 3 is 2.37 bits per heavy atom. The van der Waals surface area contributed by atoms with Crippen molar-refractivity contribution in [1.29, 1.82) is 5.26 Å². The van der Waals surface area contributed by atoms with Crippen LogP contribution in [0.25, 0.3) is 11.1 Å². The van der Waals surface area contributed by atoms with Crippen LogP contribution in [0.15, 0.2) is 54.6 Å². The van der Waals surface area contributed by atoms with E-state index in [1.54, 1.807) is 30.3 Å². The second kappa shape index (κ2) is 14.6. The number of anilines is 2. The Labute approximate surface area is 275 Å². The maximum absolute atomic E-state index is 13.3. The molecule has 0 aliphatic carbocycles. The molecule has 5 rings (SSSR count). The molecule has 2 saturated heterocycles. The number of rotatable bonds is 9. The molecule has 0 saturated carbocycles. The third-order valence-corrected chi connectivity index (χ3v) is 8.97. The van der Waals surface area contributed by atoms with Crippen molar-refractivity contribution in [2.75, 3.05) is 50.1 Å². The summed E-state index contributed by atoms with van der Waals surface area (Å²) >= 11 is 6.65. The summed E-state index contributed by atoms with van der Waals surface area (Å²) in [6.07, 6.45) is 9.12. The summed E-state index contributed by atoms with van der Waals surface area (Å²) in [7, 11) is 1.32. The number of carbonyl (C=O) groups excluding carboxylic acids is 2. The first-order valence-corrected chi connectivity index (χ1v) is 15.9. The normalized spacial score (nSPS) is 15.8. The molecule has 3 aromatic carbocycles. The number of nitriles is 1. The molecule has 2 aliphatic heterocycles. The molecule has 2 amide bonds. The van der Waals surface area contributed by atoms with Gasteiger partial charge in [-0.25, -0.2) is 9.59 Å². The van der Waals surface area contributed by atoms with Crippen LogP contribution in [0.4, 0.5) is 16.2 Å². The maximum atomic E-state index is 13.3. The van der Waals surface area contributed by atoms with Crippen LogP contribution in [0.3, 0.4) is 0 Å². The summed E-state index contributed by atoms with van der Waals surface area (Å²) in [5.41, 5.74) is 3.63. The number of amides is 2. The van der Waals surface area contributed by atoms with E-state index in [9.17, 15) is 14.9 Å². The molecule has 9 nitrogen and oxygen atoms in total. The summed E-state index contributed by atoms with van der Waals surface area (Å²) in [6, 6.07) is 18.5. The van der Waals surface area contributed by atoms with E-state index in [0.717, 1.165) is 19.6 Å². The van der Waals surface area contributed by atoms with Crippen molar-refractivity contribution in [3.8, 4) is 35.3 Å². The number of urea groups is 1. The first-order chi connectivity index (χ1) is 22.3. The number of methoxy groups -OCH3 is 1. The van der Waals surface area contributed by atoms with Gasteiger partial charge in [0, 0.05) is 55.1 Å². The molecule has 2 heterocycles. The van der Waals surface area contributed by atoms with Gasteiger partial charge in [0.25, 0.3) is 0 Å². The number of piperidine rings is 1. The summed E-state index contributed by atoms with van der Waals surface area (Å²) in [6.45, 7) is 6.45. The lowest BCUT2D eigenvalue weighted by Crippen LogP contribution is -2.61. The van der Waals surface area contributed by atoms with Gasteiger partial charge in [0.2, 0.25) is 0 Å². The van der Waals surface area contributed by atoms with Crippen LogP contribution in [0.1, 0.15) is 49.3 Å². The zero-order valence-corrected chi connectivity index (χ0v) is 27.0. The smallest absolute Gasteiger partial charge is 0.331 e. The van der Waals surface area contributed by atoms with Gasteiger partial charge >= 0.3 is 12.0 Å².